The number of carbonyl (C=O) groups excluding carboxylic acids is 2. The van der Waals surface area contributed by atoms with Crippen molar-refractivity contribution in [2.45, 2.75) is 19.4 Å². The first kappa shape index (κ1) is 26.0. The van der Waals surface area contributed by atoms with Crippen LogP contribution in [0.1, 0.15) is 34.1 Å². The second-order valence-electron chi connectivity index (χ2n) is 9.16. The van der Waals surface area contributed by atoms with Gasteiger partial charge in [-0.25, -0.2) is 0 Å². The lowest BCUT2D eigenvalue weighted by molar-refractivity contribution is -0.129. The van der Waals surface area contributed by atoms with E-state index in [4.69, 9.17) is 13.9 Å². The van der Waals surface area contributed by atoms with Crippen molar-refractivity contribution in [3.63, 3.8) is 0 Å². The zero-order chi connectivity index (χ0) is 26.4. The van der Waals surface area contributed by atoms with Crippen molar-refractivity contribution >= 4 is 11.7 Å². The second-order valence-corrected chi connectivity index (χ2v) is 9.16. The molecule has 2 aromatic carbocycles. The number of ketones is 1. The zero-order valence-corrected chi connectivity index (χ0v) is 21.3. The molecule has 0 fully saturated rings. The number of amides is 1. The topological polar surface area (TPSA) is 92.4 Å². The minimum atomic E-state index is -0.731. The number of aliphatic hydroxyl groups is 1. The van der Waals surface area contributed by atoms with Crippen LogP contribution in [-0.4, -0.2) is 67.0 Å². The van der Waals surface area contributed by atoms with Crippen LogP contribution in [-0.2, 0) is 4.79 Å². The van der Waals surface area contributed by atoms with Crippen molar-refractivity contribution in [3.05, 3.63) is 95.1 Å². The lowest BCUT2D eigenvalue weighted by atomic mass is 9.95. The number of aliphatic hydroxyl groups excluding tert-OH is 1. The first-order chi connectivity index (χ1) is 17.9. The highest BCUT2D eigenvalue weighted by molar-refractivity contribution is 6.15. The van der Waals surface area contributed by atoms with E-state index < -0.39 is 23.5 Å². The van der Waals surface area contributed by atoms with Gasteiger partial charge in [0.1, 0.15) is 24.7 Å². The molecule has 1 aliphatic rings. The Balaban J connectivity index is 1.49. The Bertz CT molecular complexity index is 1250. The average molecular weight is 505 g/mol. The largest absolute Gasteiger partial charge is 0.503 e. The van der Waals surface area contributed by atoms with Gasteiger partial charge in [0, 0.05) is 6.54 Å². The van der Waals surface area contributed by atoms with Crippen LogP contribution in [0.4, 0.5) is 0 Å². The van der Waals surface area contributed by atoms with Gasteiger partial charge in [-0.3, -0.25) is 9.59 Å². The summed E-state index contributed by atoms with van der Waals surface area (Å²) < 4.78 is 16.9. The Hall–Kier alpha value is -4.04. The first-order valence-electron chi connectivity index (χ1n) is 12.2. The molecule has 1 N–H and O–H groups in total. The number of ether oxygens (including phenoxy) is 2. The van der Waals surface area contributed by atoms with Crippen molar-refractivity contribution in [3.8, 4) is 11.5 Å². The van der Waals surface area contributed by atoms with Gasteiger partial charge in [0.05, 0.1) is 17.9 Å². The molecule has 1 aliphatic heterocycles. The van der Waals surface area contributed by atoms with Crippen LogP contribution in [0.3, 0.4) is 0 Å². The molecule has 0 aliphatic carbocycles. The van der Waals surface area contributed by atoms with E-state index >= 15 is 0 Å². The number of hydrogen-bond donors (Lipinski definition) is 1. The van der Waals surface area contributed by atoms with Gasteiger partial charge in [0.25, 0.3) is 5.91 Å². The Labute approximate surface area is 216 Å². The highest BCUT2D eigenvalue weighted by atomic mass is 16.5. The molecule has 1 atom stereocenters. The van der Waals surface area contributed by atoms with E-state index in [2.05, 4.69) is 0 Å². The van der Waals surface area contributed by atoms with Crippen LogP contribution in [0.15, 0.2) is 82.7 Å². The molecule has 2 heterocycles. The maximum absolute atomic E-state index is 13.2. The summed E-state index contributed by atoms with van der Waals surface area (Å²) in [7, 11) is 3.91. The van der Waals surface area contributed by atoms with Crippen LogP contribution in [0.2, 0.25) is 0 Å². The number of benzene rings is 2. The minimum Gasteiger partial charge on any atom is -0.503 e. The van der Waals surface area contributed by atoms with E-state index in [0.717, 1.165) is 17.9 Å². The van der Waals surface area contributed by atoms with Gasteiger partial charge in [-0.05, 0) is 75.4 Å². The molecule has 8 heteroatoms. The number of furan rings is 1. The van der Waals surface area contributed by atoms with Gasteiger partial charge in [-0.1, -0.05) is 30.3 Å². The number of carbonyl (C=O) groups is 2. The number of nitrogens with zero attached hydrogens (tertiary/aromatic N) is 2. The standard InChI is InChI=1S/C29H32N2O6/c1-20-8-4-5-9-23(20)37-19-18-35-22-13-11-21(12-14-22)26-25(27(32)24-10-6-17-36-24)28(33)29(34)31(26)16-7-15-30(2)3/h4-6,8-14,17,26,33H,7,15-16,18-19H2,1-3H3/t26-/m0/s1. The normalized spacial score (nSPS) is 15.5. The second kappa shape index (κ2) is 11.8. The van der Waals surface area contributed by atoms with Crippen molar-refractivity contribution in [1.29, 1.82) is 0 Å². The van der Waals surface area contributed by atoms with Crippen LogP contribution in [0.25, 0.3) is 0 Å². The SMILES string of the molecule is Cc1ccccc1OCCOc1ccc([C@H]2C(C(=O)c3ccco3)=C(O)C(=O)N2CCCN(C)C)cc1. The minimum absolute atomic E-state index is 0.0186. The summed E-state index contributed by atoms with van der Waals surface area (Å²) >= 11 is 0. The summed E-state index contributed by atoms with van der Waals surface area (Å²) in [6.45, 7) is 3.88. The molecule has 0 bridgehead atoms. The predicted molar refractivity (Wildman–Crippen MR) is 139 cm³/mol. The number of rotatable bonds is 12. The van der Waals surface area contributed by atoms with Gasteiger partial charge in [-0.2, -0.15) is 0 Å². The first-order valence-corrected chi connectivity index (χ1v) is 12.2. The number of aryl methyl sites for hydroxylation is 1. The predicted octanol–water partition coefficient (Wildman–Crippen LogP) is 4.58. The highest BCUT2D eigenvalue weighted by Crippen LogP contribution is 2.39. The third-order valence-electron chi connectivity index (χ3n) is 6.20. The summed E-state index contributed by atoms with van der Waals surface area (Å²) in [6, 6.07) is 17.4. The van der Waals surface area contributed by atoms with Gasteiger partial charge < -0.3 is 28.8 Å². The Morgan fingerprint density at radius 3 is 2.43 bits per heavy atom. The number of hydrogen-bond acceptors (Lipinski definition) is 7. The van der Waals surface area contributed by atoms with Crippen molar-refractivity contribution in [1.82, 2.24) is 9.80 Å². The molecule has 0 saturated carbocycles. The Morgan fingerprint density at radius 1 is 1.03 bits per heavy atom. The summed E-state index contributed by atoms with van der Waals surface area (Å²) in [6.07, 6.45) is 2.08. The number of Topliss-reactive ketones (excluding diaryl/α,β-unsaturated/α-hetero) is 1. The molecule has 4 rings (SSSR count). The fourth-order valence-electron chi connectivity index (χ4n) is 4.34. The smallest absolute Gasteiger partial charge is 0.290 e. The molecule has 0 unspecified atom stereocenters. The van der Waals surface area contributed by atoms with E-state index in [9.17, 15) is 14.7 Å². The molecule has 37 heavy (non-hydrogen) atoms. The fraction of sp³-hybridized carbons (Fsp3) is 0.310. The average Bonchev–Trinajstić information content (AvgIpc) is 3.51. The molecule has 0 saturated heterocycles. The van der Waals surface area contributed by atoms with Crippen molar-refractivity contribution in [2.75, 3.05) is 40.4 Å². The maximum atomic E-state index is 13.2. The van der Waals surface area contributed by atoms with Crippen LogP contribution in [0.5, 0.6) is 11.5 Å². The zero-order valence-electron chi connectivity index (χ0n) is 21.3. The molecule has 194 valence electrons. The quantitative estimate of drug-likeness (QED) is 0.285. The lowest BCUT2D eigenvalue weighted by Gasteiger charge is -2.27. The molecule has 1 aromatic heterocycles. The van der Waals surface area contributed by atoms with Gasteiger partial charge in [0.15, 0.2) is 11.5 Å². The monoisotopic (exact) mass is 504 g/mol. The third-order valence-corrected chi connectivity index (χ3v) is 6.20. The number of para-hydroxylation sites is 1. The van der Waals surface area contributed by atoms with E-state index in [0.29, 0.717) is 37.5 Å². The molecular weight excluding hydrogens is 472 g/mol. The molecule has 3 aromatic rings. The third kappa shape index (κ3) is 6.03. The highest BCUT2D eigenvalue weighted by Gasteiger charge is 2.44. The fourth-order valence-corrected chi connectivity index (χ4v) is 4.34. The summed E-state index contributed by atoms with van der Waals surface area (Å²) in [5, 5.41) is 10.7. The Morgan fingerprint density at radius 2 is 1.76 bits per heavy atom. The van der Waals surface area contributed by atoms with E-state index in [1.807, 2.05) is 62.3 Å². The van der Waals surface area contributed by atoms with Gasteiger partial charge >= 0.3 is 0 Å². The Kier molecular flexibility index (Phi) is 8.30. The molecule has 8 nitrogen and oxygen atoms in total. The lowest BCUT2D eigenvalue weighted by Crippen LogP contribution is -2.33. The maximum Gasteiger partial charge on any atom is 0.290 e. The molecule has 0 spiro atoms. The summed E-state index contributed by atoms with van der Waals surface area (Å²) in [5.74, 6) is -0.0835. The van der Waals surface area contributed by atoms with Crippen molar-refractivity contribution in [2.24, 2.45) is 0 Å². The van der Waals surface area contributed by atoms with E-state index in [1.165, 1.54) is 12.3 Å². The molecule has 0 radical (unpaired) electrons. The van der Waals surface area contributed by atoms with Crippen molar-refractivity contribution < 1.29 is 28.6 Å². The van der Waals surface area contributed by atoms with Crippen LogP contribution >= 0.6 is 0 Å². The summed E-state index contributed by atoms with van der Waals surface area (Å²) in [5.41, 5.74) is 1.77. The molecule has 1 amide bonds. The van der Waals surface area contributed by atoms with Crippen LogP contribution in [0, 0.1) is 6.92 Å². The summed E-state index contributed by atoms with van der Waals surface area (Å²) in [4.78, 5) is 29.8. The molecular formula is C29H32N2O6. The van der Waals surface area contributed by atoms with Gasteiger partial charge in [-0.15, -0.1) is 0 Å². The van der Waals surface area contributed by atoms with Crippen LogP contribution < -0.4 is 9.47 Å². The van der Waals surface area contributed by atoms with E-state index in [1.54, 1.807) is 23.1 Å². The van der Waals surface area contributed by atoms with Gasteiger partial charge in [0.2, 0.25) is 5.78 Å². The van der Waals surface area contributed by atoms with E-state index in [-0.39, 0.29) is 11.3 Å².